The van der Waals surface area contributed by atoms with Gasteiger partial charge < -0.3 is 31.2 Å². The number of hydrogen-bond donors (Lipinski definition) is 5. The van der Waals surface area contributed by atoms with Crippen molar-refractivity contribution in [2.45, 2.75) is 18.8 Å². The molecule has 34 heavy (non-hydrogen) atoms. The first-order valence-corrected chi connectivity index (χ1v) is 10.7. The molecule has 0 saturated carbocycles. The molecular formula is C24H22ClN5O4. The van der Waals surface area contributed by atoms with Gasteiger partial charge in [-0.05, 0) is 29.8 Å². The number of ether oxygens (including phenoxy) is 1. The molecular weight excluding hydrogens is 458 g/mol. The van der Waals surface area contributed by atoms with Gasteiger partial charge in [-0.15, -0.1) is 0 Å². The monoisotopic (exact) mass is 479 g/mol. The van der Waals surface area contributed by atoms with E-state index in [9.17, 15) is 14.7 Å². The van der Waals surface area contributed by atoms with E-state index in [1.54, 1.807) is 72.8 Å². The number of nitrogens with zero attached hydrogens (tertiary/aromatic N) is 1. The highest BCUT2D eigenvalue weighted by Crippen LogP contribution is 2.22. The third-order valence-corrected chi connectivity index (χ3v) is 5.47. The third-order valence-electron chi connectivity index (χ3n) is 5.10. The van der Waals surface area contributed by atoms with Gasteiger partial charge in [0.25, 0.3) is 5.91 Å². The first-order valence-electron chi connectivity index (χ1n) is 10.4. The first-order chi connectivity index (χ1) is 16.4. The van der Waals surface area contributed by atoms with Gasteiger partial charge >= 0.3 is 6.09 Å². The second-order valence-corrected chi connectivity index (χ2v) is 7.90. The van der Waals surface area contributed by atoms with E-state index in [2.05, 4.69) is 20.6 Å². The summed E-state index contributed by atoms with van der Waals surface area (Å²) in [5, 5.41) is 16.5. The lowest BCUT2D eigenvalue weighted by atomic mass is 10.0. The number of nitrogens with two attached hydrogens (primary N) is 1. The van der Waals surface area contributed by atoms with Crippen LogP contribution in [0.2, 0.25) is 5.02 Å². The van der Waals surface area contributed by atoms with Crippen molar-refractivity contribution in [3.8, 4) is 0 Å². The molecule has 1 aromatic heterocycles. The molecule has 1 heterocycles. The summed E-state index contributed by atoms with van der Waals surface area (Å²) in [5.41, 5.74) is 8.50. The smallest absolute Gasteiger partial charge is 0.408 e. The quantitative estimate of drug-likeness (QED) is 0.273. The summed E-state index contributed by atoms with van der Waals surface area (Å²) in [4.78, 5) is 32.3. The number of aliphatic hydroxyl groups is 1. The number of aromatic amines is 1. The highest BCUT2D eigenvalue weighted by Gasteiger charge is 2.30. The molecule has 174 valence electrons. The lowest BCUT2D eigenvalue weighted by Gasteiger charge is -2.24. The van der Waals surface area contributed by atoms with Crippen LogP contribution in [0.1, 0.15) is 17.2 Å². The fourth-order valence-corrected chi connectivity index (χ4v) is 3.60. The zero-order chi connectivity index (χ0) is 24.1. The molecule has 4 rings (SSSR count). The molecule has 2 amide bonds. The topological polar surface area (TPSA) is 142 Å². The minimum Gasteiger partial charge on any atom is -0.445 e. The number of H-pyrrole nitrogens is 1. The number of imidazole rings is 1. The summed E-state index contributed by atoms with van der Waals surface area (Å²) in [6.45, 7) is -0.0668. The number of alkyl carbamates (subject to hydrolysis) is 1. The van der Waals surface area contributed by atoms with Crippen LogP contribution in [-0.4, -0.2) is 33.2 Å². The van der Waals surface area contributed by atoms with E-state index in [4.69, 9.17) is 22.1 Å². The van der Waals surface area contributed by atoms with Crippen LogP contribution in [0.4, 0.5) is 16.4 Å². The molecule has 0 aliphatic rings. The molecule has 0 radical (unpaired) electrons. The van der Waals surface area contributed by atoms with Crippen LogP contribution in [-0.2, 0) is 16.1 Å². The molecule has 0 spiro atoms. The van der Waals surface area contributed by atoms with Crippen molar-refractivity contribution in [1.29, 1.82) is 0 Å². The maximum Gasteiger partial charge on any atom is 0.408 e. The van der Waals surface area contributed by atoms with E-state index in [-0.39, 0.29) is 12.6 Å². The normalized spacial score (nSPS) is 12.6. The van der Waals surface area contributed by atoms with Crippen molar-refractivity contribution in [3.63, 3.8) is 0 Å². The Morgan fingerprint density at radius 3 is 2.59 bits per heavy atom. The van der Waals surface area contributed by atoms with Crippen molar-refractivity contribution in [3.05, 3.63) is 88.9 Å². The minimum absolute atomic E-state index is 0.0668. The number of anilines is 2. The molecule has 0 saturated heterocycles. The van der Waals surface area contributed by atoms with Crippen LogP contribution in [0.15, 0.2) is 72.8 Å². The number of carbonyl (C=O) groups is 2. The van der Waals surface area contributed by atoms with Crippen LogP contribution in [0, 0.1) is 0 Å². The maximum absolute atomic E-state index is 12.9. The Kier molecular flexibility index (Phi) is 6.95. The van der Waals surface area contributed by atoms with Gasteiger partial charge in [-0.1, -0.05) is 60.1 Å². The van der Waals surface area contributed by atoms with Crippen LogP contribution < -0.4 is 16.4 Å². The number of aromatic nitrogens is 2. The maximum atomic E-state index is 12.9. The summed E-state index contributed by atoms with van der Waals surface area (Å²) in [7, 11) is 0. The van der Waals surface area contributed by atoms with Gasteiger partial charge in [0.15, 0.2) is 12.1 Å². The predicted molar refractivity (Wildman–Crippen MR) is 129 cm³/mol. The average Bonchev–Trinajstić information content (AvgIpc) is 3.21. The van der Waals surface area contributed by atoms with Gasteiger partial charge in [-0.2, -0.15) is 0 Å². The van der Waals surface area contributed by atoms with Gasteiger partial charge in [0.1, 0.15) is 6.61 Å². The molecule has 2 atom stereocenters. The minimum atomic E-state index is -1.61. The van der Waals surface area contributed by atoms with Gasteiger partial charge in [-0.25, -0.2) is 9.78 Å². The molecule has 0 fully saturated rings. The molecule has 9 nitrogen and oxygen atoms in total. The Labute approximate surface area is 199 Å². The van der Waals surface area contributed by atoms with Crippen LogP contribution in [0.5, 0.6) is 0 Å². The number of amides is 2. The lowest BCUT2D eigenvalue weighted by Crippen LogP contribution is -2.42. The van der Waals surface area contributed by atoms with E-state index in [1.165, 1.54) is 0 Å². The molecule has 4 aromatic rings. The Bertz CT molecular complexity index is 1310. The fourth-order valence-electron chi connectivity index (χ4n) is 3.41. The summed E-state index contributed by atoms with van der Waals surface area (Å²) >= 11 is 6.10. The standard InChI is InChI=1S/C24H22ClN5O4/c25-17-9-5-4-8-15(17)13-34-24(33)30-20(14-6-2-1-3-7-14)21(31)22(32)27-16-10-11-18-19(12-16)29-23(26)28-18/h1-12,20-21,31H,13H2,(H,27,32)(H,30,33)(H3,26,28,29). The van der Waals surface area contributed by atoms with Crippen molar-refractivity contribution < 1.29 is 19.4 Å². The third kappa shape index (κ3) is 5.45. The molecule has 2 unspecified atom stereocenters. The molecule has 10 heteroatoms. The second kappa shape index (κ2) is 10.2. The van der Waals surface area contributed by atoms with Crippen molar-refractivity contribution in [2.75, 3.05) is 11.1 Å². The van der Waals surface area contributed by atoms with E-state index < -0.39 is 24.1 Å². The Hall–Kier alpha value is -4.08. The summed E-state index contributed by atoms with van der Waals surface area (Å²) in [5.74, 6) is -0.464. The fraction of sp³-hybridized carbons (Fsp3) is 0.125. The highest BCUT2D eigenvalue weighted by atomic mass is 35.5. The number of rotatable bonds is 7. The first kappa shape index (κ1) is 23.1. The van der Waals surface area contributed by atoms with Crippen LogP contribution in [0.25, 0.3) is 11.0 Å². The molecule has 0 aliphatic carbocycles. The number of aliphatic hydroxyl groups excluding tert-OH is 1. The zero-order valence-corrected chi connectivity index (χ0v) is 18.6. The number of nitrogen functional groups attached to an aromatic ring is 1. The largest absolute Gasteiger partial charge is 0.445 e. The van der Waals surface area contributed by atoms with Gasteiger partial charge in [0.2, 0.25) is 0 Å². The van der Waals surface area contributed by atoms with Gasteiger partial charge in [0, 0.05) is 16.3 Å². The van der Waals surface area contributed by atoms with Crippen molar-refractivity contribution in [1.82, 2.24) is 15.3 Å². The van der Waals surface area contributed by atoms with E-state index in [0.29, 0.717) is 32.9 Å². The van der Waals surface area contributed by atoms with E-state index >= 15 is 0 Å². The van der Waals surface area contributed by atoms with E-state index in [1.807, 2.05) is 0 Å². The number of hydrogen-bond acceptors (Lipinski definition) is 6. The van der Waals surface area contributed by atoms with Crippen molar-refractivity contribution >= 4 is 46.3 Å². The SMILES string of the molecule is Nc1nc2ccc(NC(=O)C(O)C(NC(=O)OCc3ccccc3Cl)c3ccccc3)cc2[nH]1. The summed E-state index contributed by atoms with van der Waals surface area (Å²) in [6.07, 6.45) is -2.42. The number of carbonyl (C=O) groups excluding carboxylic acids is 2. The molecule has 0 bridgehead atoms. The lowest BCUT2D eigenvalue weighted by molar-refractivity contribution is -0.125. The van der Waals surface area contributed by atoms with E-state index in [0.717, 1.165) is 0 Å². The Balaban J connectivity index is 1.47. The number of nitrogens with one attached hydrogen (secondary N) is 3. The van der Waals surface area contributed by atoms with Gasteiger partial charge in [0.05, 0.1) is 17.1 Å². The average molecular weight is 480 g/mol. The predicted octanol–water partition coefficient (Wildman–Crippen LogP) is 3.77. The molecule has 6 N–H and O–H groups in total. The zero-order valence-electron chi connectivity index (χ0n) is 17.9. The van der Waals surface area contributed by atoms with Crippen molar-refractivity contribution in [2.24, 2.45) is 0 Å². The highest BCUT2D eigenvalue weighted by molar-refractivity contribution is 6.31. The summed E-state index contributed by atoms with van der Waals surface area (Å²) < 4.78 is 5.26. The van der Waals surface area contributed by atoms with Gasteiger partial charge in [-0.3, -0.25) is 4.79 Å². The number of benzene rings is 3. The Morgan fingerprint density at radius 1 is 1.09 bits per heavy atom. The second-order valence-electron chi connectivity index (χ2n) is 7.49. The van der Waals surface area contributed by atoms with Crippen LogP contribution in [0.3, 0.4) is 0 Å². The number of halogens is 1. The van der Waals surface area contributed by atoms with Crippen LogP contribution >= 0.6 is 11.6 Å². The molecule has 0 aliphatic heterocycles. The molecule has 3 aromatic carbocycles. The number of fused-ring (bicyclic) bond motifs is 1. The Morgan fingerprint density at radius 2 is 1.82 bits per heavy atom. The summed E-state index contributed by atoms with van der Waals surface area (Å²) in [6, 6.07) is 19.5.